The van der Waals surface area contributed by atoms with Crippen molar-refractivity contribution in [1.82, 2.24) is 0 Å². The minimum absolute atomic E-state index is 0.219. The number of aliphatic hydroxyl groups is 1. The van der Waals surface area contributed by atoms with Gasteiger partial charge in [-0.05, 0) is 92.2 Å². The maximum absolute atomic E-state index is 12.1. The number of hydrogen-bond donors (Lipinski definition) is 2. The fourth-order valence-corrected chi connectivity index (χ4v) is 7.26. The summed E-state index contributed by atoms with van der Waals surface area (Å²) in [7, 11) is 1.95. The van der Waals surface area contributed by atoms with Crippen molar-refractivity contribution in [3.8, 4) is 11.8 Å². The van der Waals surface area contributed by atoms with E-state index in [9.17, 15) is 9.90 Å². The van der Waals surface area contributed by atoms with Crippen molar-refractivity contribution < 1.29 is 9.90 Å². The molecule has 5 unspecified atom stereocenters. The topological polar surface area (TPSA) is 49.3 Å². The van der Waals surface area contributed by atoms with Gasteiger partial charge >= 0.3 is 0 Å². The summed E-state index contributed by atoms with van der Waals surface area (Å²) in [5, 5.41) is 14.9. The molecule has 2 fully saturated rings. The highest BCUT2D eigenvalue weighted by atomic mass is 16.3. The molecule has 0 saturated heterocycles. The van der Waals surface area contributed by atoms with Gasteiger partial charge in [-0.15, -0.1) is 5.92 Å². The van der Waals surface area contributed by atoms with Crippen LogP contribution in [0.1, 0.15) is 70.3 Å². The Balaban J connectivity index is 1.68. The first-order valence-corrected chi connectivity index (χ1v) is 11.8. The van der Waals surface area contributed by atoms with Gasteiger partial charge in [0.15, 0.2) is 5.78 Å². The molecule has 0 heterocycles. The monoisotopic (exact) mass is 415 g/mol. The number of carbonyl (C=O) groups is 1. The highest BCUT2D eigenvalue weighted by Crippen LogP contribution is 2.66. The van der Waals surface area contributed by atoms with Gasteiger partial charge in [0.25, 0.3) is 0 Å². The Morgan fingerprint density at radius 2 is 1.90 bits per heavy atom. The van der Waals surface area contributed by atoms with E-state index in [4.69, 9.17) is 0 Å². The van der Waals surface area contributed by atoms with Gasteiger partial charge in [0, 0.05) is 30.5 Å². The predicted molar refractivity (Wildman–Crippen MR) is 125 cm³/mol. The second-order valence-corrected chi connectivity index (χ2v) is 10.1. The first-order valence-electron chi connectivity index (χ1n) is 11.8. The Morgan fingerprint density at radius 1 is 1.13 bits per heavy atom. The van der Waals surface area contributed by atoms with E-state index >= 15 is 0 Å². The summed E-state index contributed by atoms with van der Waals surface area (Å²) in [5.41, 5.74) is 5.61. The molecule has 1 aromatic rings. The molecular weight excluding hydrogens is 382 g/mol. The summed E-state index contributed by atoms with van der Waals surface area (Å²) in [5.74, 6) is 7.74. The zero-order chi connectivity index (χ0) is 21.8. The van der Waals surface area contributed by atoms with Gasteiger partial charge in [0.2, 0.25) is 0 Å². The largest absolute Gasteiger partial charge is 0.388 e. The van der Waals surface area contributed by atoms with Crippen LogP contribution in [0, 0.1) is 29.1 Å². The van der Waals surface area contributed by atoms with Gasteiger partial charge < -0.3 is 10.4 Å². The van der Waals surface area contributed by atoms with Crippen LogP contribution in [-0.2, 0) is 4.79 Å². The molecule has 5 rings (SSSR count). The van der Waals surface area contributed by atoms with Crippen LogP contribution in [0.5, 0.6) is 0 Å². The lowest BCUT2D eigenvalue weighted by atomic mass is 9.51. The van der Waals surface area contributed by atoms with Gasteiger partial charge in [0.1, 0.15) is 5.60 Å². The molecule has 0 bridgehead atoms. The Morgan fingerprint density at radius 3 is 2.61 bits per heavy atom. The van der Waals surface area contributed by atoms with Crippen molar-refractivity contribution in [3.05, 3.63) is 52.6 Å². The van der Waals surface area contributed by atoms with Crippen molar-refractivity contribution >= 4 is 11.5 Å². The predicted octanol–water partition coefficient (Wildman–Crippen LogP) is 5.38. The fourth-order valence-electron chi connectivity index (χ4n) is 7.26. The molecule has 2 N–H and O–H groups in total. The third kappa shape index (κ3) is 3.03. The first kappa shape index (κ1) is 20.6. The lowest BCUT2D eigenvalue weighted by Crippen LogP contribution is -2.51. The van der Waals surface area contributed by atoms with Crippen molar-refractivity contribution in [2.45, 2.75) is 70.3 Å². The normalized spacial score (nSPS) is 36.6. The van der Waals surface area contributed by atoms with Crippen LogP contribution in [-0.4, -0.2) is 23.5 Å². The van der Waals surface area contributed by atoms with E-state index in [1.165, 1.54) is 16.7 Å². The lowest BCUT2D eigenvalue weighted by Gasteiger charge is -2.53. The maximum Gasteiger partial charge on any atom is 0.156 e. The van der Waals surface area contributed by atoms with E-state index < -0.39 is 5.60 Å². The molecule has 0 radical (unpaired) electrons. The Hall–Kier alpha value is -2.31. The molecule has 0 aliphatic heterocycles. The molecule has 0 aromatic heterocycles. The molecule has 31 heavy (non-hydrogen) atoms. The van der Waals surface area contributed by atoms with Crippen molar-refractivity contribution in [3.63, 3.8) is 0 Å². The zero-order valence-electron chi connectivity index (χ0n) is 18.9. The summed E-state index contributed by atoms with van der Waals surface area (Å²) in [6.07, 6.45) is 8.22. The van der Waals surface area contributed by atoms with E-state index in [0.717, 1.165) is 44.2 Å². The second kappa shape index (κ2) is 7.38. The molecule has 1 aromatic carbocycles. The molecular formula is C28H33NO2. The Bertz CT molecular complexity index is 1040. The number of nitrogens with one attached hydrogen (secondary N) is 1. The zero-order valence-corrected chi connectivity index (χ0v) is 18.9. The standard InChI is InChI=1S/C28H33NO2/c1-4-14-28(31)15-13-25-23-11-7-19-16-21(30)10-12-22(19)26(23)24(17-27(25,28)2)18-5-8-20(29-3)9-6-18/h5-6,8-9,16,23-25,29,31H,7,10-13,15,17H2,1-3H3. The SMILES string of the molecule is CC#CC1(O)CCC2C3CCC4=CC(=O)CCC4=C3C(c3ccc(NC)cc3)CC21C. The first-order chi connectivity index (χ1) is 14.9. The summed E-state index contributed by atoms with van der Waals surface area (Å²) in [4.78, 5) is 12.1. The van der Waals surface area contributed by atoms with Gasteiger partial charge in [-0.25, -0.2) is 0 Å². The maximum atomic E-state index is 12.1. The number of benzene rings is 1. The molecule has 3 heteroatoms. The van der Waals surface area contributed by atoms with E-state index in [1.54, 1.807) is 5.57 Å². The van der Waals surface area contributed by atoms with Crippen LogP contribution in [0.4, 0.5) is 5.69 Å². The van der Waals surface area contributed by atoms with Gasteiger partial charge in [-0.3, -0.25) is 4.79 Å². The minimum Gasteiger partial charge on any atom is -0.388 e. The van der Waals surface area contributed by atoms with Crippen LogP contribution < -0.4 is 5.32 Å². The molecule has 0 amide bonds. The van der Waals surface area contributed by atoms with Crippen LogP contribution in [0.15, 0.2) is 47.1 Å². The molecule has 0 spiro atoms. The number of anilines is 1. The minimum atomic E-state index is -0.912. The van der Waals surface area contributed by atoms with E-state index in [-0.39, 0.29) is 17.1 Å². The summed E-state index contributed by atoms with van der Waals surface area (Å²) in [6.45, 7) is 4.14. The number of carbonyl (C=O) groups excluding carboxylic acids is 1. The molecule has 2 saturated carbocycles. The molecule has 5 atom stereocenters. The molecule has 4 aliphatic rings. The number of fused-ring (bicyclic) bond motifs is 4. The van der Waals surface area contributed by atoms with Crippen molar-refractivity contribution in [1.29, 1.82) is 0 Å². The Kier molecular flexibility index (Phi) is 4.90. The molecule has 162 valence electrons. The fraction of sp³-hybridized carbons (Fsp3) is 0.536. The van der Waals surface area contributed by atoms with Crippen molar-refractivity contribution in [2.75, 3.05) is 12.4 Å². The number of hydrogen-bond acceptors (Lipinski definition) is 3. The number of rotatable bonds is 2. The quantitative estimate of drug-likeness (QED) is 0.638. The summed E-state index contributed by atoms with van der Waals surface area (Å²) in [6, 6.07) is 8.80. The average molecular weight is 416 g/mol. The molecule has 3 nitrogen and oxygen atoms in total. The van der Waals surface area contributed by atoms with Gasteiger partial charge in [-0.1, -0.05) is 30.6 Å². The highest BCUT2D eigenvalue weighted by molar-refractivity contribution is 5.93. The third-order valence-corrected chi connectivity index (χ3v) is 8.82. The highest BCUT2D eigenvalue weighted by Gasteiger charge is 2.62. The summed E-state index contributed by atoms with van der Waals surface area (Å²) >= 11 is 0. The van der Waals surface area contributed by atoms with Crippen LogP contribution >= 0.6 is 0 Å². The van der Waals surface area contributed by atoms with Gasteiger partial charge in [-0.2, -0.15) is 0 Å². The third-order valence-electron chi connectivity index (χ3n) is 8.82. The number of ketones is 1. The summed E-state index contributed by atoms with van der Waals surface area (Å²) < 4.78 is 0. The van der Waals surface area contributed by atoms with E-state index in [0.29, 0.717) is 18.3 Å². The smallest absolute Gasteiger partial charge is 0.156 e. The average Bonchev–Trinajstić information content (AvgIpc) is 3.03. The van der Waals surface area contributed by atoms with E-state index in [1.807, 2.05) is 20.0 Å². The van der Waals surface area contributed by atoms with Crippen LogP contribution in [0.2, 0.25) is 0 Å². The Labute approximate surface area is 186 Å². The second-order valence-electron chi connectivity index (χ2n) is 10.1. The van der Waals surface area contributed by atoms with E-state index in [2.05, 4.69) is 48.3 Å². The molecule has 4 aliphatic carbocycles. The lowest BCUT2D eigenvalue weighted by molar-refractivity contribution is -0.114. The van der Waals surface area contributed by atoms with Crippen LogP contribution in [0.3, 0.4) is 0 Å². The van der Waals surface area contributed by atoms with Crippen LogP contribution in [0.25, 0.3) is 0 Å². The van der Waals surface area contributed by atoms with Crippen molar-refractivity contribution in [2.24, 2.45) is 17.3 Å². The van der Waals surface area contributed by atoms with Gasteiger partial charge in [0.05, 0.1) is 0 Å². The number of allylic oxidation sites excluding steroid dienone is 4.